The molecule has 0 saturated carbocycles. The average molecular weight is 489 g/mol. The lowest BCUT2D eigenvalue weighted by molar-refractivity contribution is 0.112. The molecule has 0 bridgehead atoms. The van der Waals surface area contributed by atoms with E-state index in [-0.39, 0.29) is 17.5 Å². The third-order valence-electron chi connectivity index (χ3n) is 5.48. The lowest BCUT2D eigenvalue weighted by Gasteiger charge is -2.27. The molecule has 1 aromatic heterocycles. The number of alkyl halides is 1. The first-order valence-electron chi connectivity index (χ1n) is 10.7. The molecule has 0 saturated heterocycles. The largest absolute Gasteiger partial charge is 0.487 e. The normalized spacial score (nSPS) is 14.0. The minimum absolute atomic E-state index is 0.0726. The summed E-state index contributed by atoms with van der Waals surface area (Å²) in [5.41, 5.74) is 4.46. The molecule has 1 unspecified atom stereocenters. The maximum absolute atomic E-state index is 14.2. The molecule has 3 aromatic rings. The van der Waals surface area contributed by atoms with Crippen molar-refractivity contribution in [2.24, 2.45) is 0 Å². The zero-order valence-corrected chi connectivity index (χ0v) is 20.1. The Morgan fingerprint density at radius 2 is 1.91 bits per heavy atom. The second-order valence-electron chi connectivity index (χ2n) is 8.16. The lowest BCUT2D eigenvalue weighted by Crippen LogP contribution is -2.36. The van der Waals surface area contributed by atoms with Crippen molar-refractivity contribution in [3.63, 3.8) is 0 Å². The van der Waals surface area contributed by atoms with Crippen molar-refractivity contribution in [1.82, 2.24) is 4.98 Å². The van der Waals surface area contributed by atoms with E-state index in [1.165, 1.54) is 6.92 Å². The number of sulfonamides is 1. The van der Waals surface area contributed by atoms with Gasteiger partial charge in [-0.25, -0.2) is 9.37 Å². The van der Waals surface area contributed by atoms with Crippen LogP contribution >= 0.6 is 11.3 Å². The number of aldehydes is 1. The molecule has 1 aliphatic rings. The number of anilines is 1. The van der Waals surface area contributed by atoms with Gasteiger partial charge in [-0.3, -0.25) is 9.10 Å². The van der Waals surface area contributed by atoms with Crippen LogP contribution in [-0.4, -0.2) is 32.4 Å². The SMILES string of the molecule is Cc1csc(S(=O)(=O)N(CC(C)F)c2cc3c(cc2OCc2ccc(C=O)cc2)CCC3)n1. The topological polar surface area (TPSA) is 76.6 Å². The molecular weight excluding hydrogens is 463 g/mol. The van der Waals surface area contributed by atoms with Gasteiger partial charge in [0.15, 0.2) is 0 Å². The first-order chi connectivity index (χ1) is 15.8. The van der Waals surface area contributed by atoms with Crippen LogP contribution < -0.4 is 9.04 Å². The predicted octanol–water partition coefficient (Wildman–Crippen LogP) is 4.89. The van der Waals surface area contributed by atoms with Crippen LogP contribution in [0.25, 0.3) is 0 Å². The molecule has 174 valence electrons. The number of ether oxygens (including phenoxy) is 1. The van der Waals surface area contributed by atoms with Crippen LogP contribution in [0.4, 0.5) is 10.1 Å². The highest BCUT2D eigenvalue weighted by atomic mass is 32.2. The standard InChI is InChI=1S/C24H25FN2O4S2/c1-16(25)12-27(33(29,30)24-26-17(2)15-32-24)22-10-20-4-3-5-21(20)11-23(22)31-14-19-8-6-18(13-28)7-9-19/h6-11,13,15-16H,3-5,12,14H2,1-2H3. The van der Waals surface area contributed by atoms with E-state index in [2.05, 4.69) is 4.98 Å². The molecule has 4 rings (SSSR count). The Morgan fingerprint density at radius 3 is 2.52 bits per heavy atom. The van der Waals surface area contributed by atoms with Crippen LogP contribution in [0.1, 0.15) is 46.1 Å². The fraction of sp³-hybridized carbons (Fsp3) is 0.333. The second-order valence-corrected chi connectivity index (χ2v) is 11.1. The van der Waals surface area contributed by atoms with Crippen molar-refractivity contribution in [3.8, 4) is 5.75 Å². The summed E-state index contributed by atoms with van der Waals surface area (Å²) in [7, 11) is -4.08. The predicted molar refractivity (Wildman–Crippen MR) is 127 cm³/mol. The van der Waals surface area contributed by atoms with E-state index in [1.807, 2.05) is 12.1 Å². The Morgan fingerprint density at radius 1 is 1.21 bits per heavy atom. The summed E-state index contributed by atoms with van der Waals surface area (Å²) in [6.45, 7) is 2.89. The van der Waals surface area contributed by atoms with Gasteiger partial charge in [-0.15, -0.1) is 11.3 Å². The Balaban J connectivity index is 1.74. The maximum Gasteiger partial charge on any atom is 0.291 e. The van der Waals surface area contributed by atoms with E-state index in [4.69, 9.17) is 4.74 Å². The van der Waals surface area contributed by atoms with Gasteiger partial charge >= 0.3 is 0 Å². The molecular formula is C24H25FN2O4S2. The number of aromatic nitrogens is 1. The van der Waals surface area contributed by atoms with Gasteiger partial charge in [-0.1, -0.05) is 24.3 Å². The van der Waals surface area contributed by atoms with E-state index in [1.54, 1.807) is 36.6 Å². The summed E-state index contributed by atoms with van der Waals surface area (Å²) in [6, 6.07) is 10.6. The van der Waals surface area contributed by atoms with Gasteiger partial charge < -0.3 is 4.74 Å². The van der Waals surface area contributed by atoms with Gasteiger partial charge in [0.1, 0.15) is 24.8 Å². The Bertz CT molecular complexity index is 1250. The molecule has 6 nitrogen and oxygen atoms in total. The van der Waals surface area contributed by atoms with E-state index >= 15 is 0 Å². The molecule has 33 heavy (non-hydrogen) atoms. The van der Waals surface area contributed by atoms with E-state index in [9.17, 15) is 17.6 Å². The fourth-order valence-corrected chi connectivity index (χ4v) is 6.52. The van der Waals surface area contributed by atoms with Gasteiger partial charge in [0.05, 0.1) is 12.2 Å². The van der Waals surface area contributed by atoms with Gasteiger partial charge in [-0.2, -0.15) is 8.42 Å². The molecule has 0 amide bonds. The molecule has 0 aliphatic heterocycles. The zero-order valence-electron chi connectivity index (χ0n) is 18.5. The summed E-state index contributed by atoms with van der Waals surface area (Å²) in [6.07, 6.45) is 2.08. The number of carbonyl (C=O) groups is 1. The average Bonchev–Trinajstić information content (AvgIpc) is 3.44. The van der Waals surface area contributed by atoms with Crippen LogP contribution in [0.2, 0.25) is 0 Å². The maximum atomic E-state index is 14.2. The zero-order chi connectivity index (χ0) is 23.6. The summed E-state index contributed by atoms with van der Waals surface area (Å²) < 4.78 is 48.3. The number of aryl methyl sites for hydroxylation is 3. The molecule has 1 heterocycles. The molecule has 1 aliphatic carbocycles. The molecule has 0 radical (unpaired) electrons. The number of rotatable bonds is 9. The number of carbonyl (C=O) groups excluding carboxylic acids is 1. The highest BCUT2D eigenvalue weighted by Crippen LogP contribution is 2.39. The minimum Gasteiger partial charge on any atom is -0.487 e. The third kappa shape index (κ3) is 5.09. The summed E-state index contributed by atoms with van der Waals surface area (Å²) in [5, 5.41) is 1.66. The van der Waals surface area contributed by atoms with E-state index in [0.717, 1.165) is 57.9 Å². The van der Waals surface area contributed by atoms with Gasteiger partial charge in [0.25, 0.3) is 10.0 Å². The van der Waals surface area contributed by atoms with E-state index < -0.39 is 16.2 Å². The molecule has 1 atom stereocenters. The highest BCUT2D eigenvalue weighted by molar-refractivity contribution is 7.94. The molecule has 0 spiro atoms. The summed E-state index contributed by atoms with van der Waals surface area (Å²) in [5.74, 6) is 0.382. The number of benzene rings is 2. The number of hydrogen-bond donors (Lipinski definition) is 0. The lowest BCUT2D eigenvalue weighted by atomic mass is 10.1. The number of hydrogen-bond acceptors (Lipinski definition) is 6. The van der Waals surface area contributed by atoms with Crippen molar-refractivity contribution in [2.75, 3.05) is 10.8 Å². The van der Waals surface area contributed by atoms with Crippen LogP contribution in [0.5, 0.6) is 5.75 Å². The van der Waals surface area contributed by atoms with Crippen LogP contribution in [0.3, 0.4) is 0 Å². The Kier molecular flexibility index (Phi) is 6.81. The second kappa shape index (κ2) is 9.61. The minimum atomic E-state index is -4.08. The molecule has 0 N–H and O–H groups in total. The van der Waals surface area contributed by atoms with Gasteiger partial charge in [-0.05, 0) is 61.9 Å². The smallest absolute Gasteiger partial charge is 0.291 e. The Hall–Kier alpha value is -2.78. The Labute approximate surface area is 197 Å². The first kappa shape index (κ1) is 23.4. The van der Waals surface area contributed by atoms with Crippen LogP contribution in [0.15, 0.2) is 46.1 Å². The first-order valence-corrected chi connectivity index (χ1v) is 13.0. The fourth-order valence-electron chi connectivity index (χ4n) is 3.85. The van der Waals surface area contributed by atoms with Crippen LogP contribution in [0, 0.1) is 6.92 Å². The molecule has 0 fully saturated rings. The number of halogens is 1. The monoisotopic (exact) mass is 488 g/mol. The van der Waals surface area contributed by atoms with Crippen molar-refractivity contribution in [2.45, 2.75) is 50.2 Å². The molecule has 9 heteroatoms. The van der Waals surface area contributed by atoms with Crippen molar-refractivity contribution in [3.05, 3.63) is 69.7 Å². The van der Waals surface area contributed by atoms with Crippen molar-refractivity contribution < 1.29 is 22.3 Å². The number of thiazole rings is 1. The highest BCUT2D eigenvalue weighted by Gasteiger charge is 2.32. The third-order valence-corrected chi connectivity index (χ3v) is 8.61. The molecule has 2 aromatic carbocycles. The van der Waals surface area contributed by atoms with Gasteiger partial charge in [0, 0.05) is 16.6 Å². The number of nitrogens with zero attached hydrogens (tertiary/aromatic N) is 2. The van der Waals surface area contributed by atoms with Crippen molar-refractivity contribution >= 4 is 33.3 Å². The summed E-state index contributed by atoms with van der Waals surface area (Å²) in [4.78, 5) is 15.0. The van der Waals surface area contributed by atoms with Crippen molar-refractivity contribution in [1.29, 1.82) is 0 Å². The quantitative estimate of drug-likeness (QED) is 0.401. The van der Waals surface area contributed by atoms with Gasteiger partial charge in [0.2, 0.25) is 4.34 Å². The number of fused-ring (bicyclic) bond motifs is 1. The van der Waals surface area contributed by atoms with Crippen LogP contribution in [-0.2, 0) is 29.5 Å². The van der Waals surface area contributed by atoms with E-state index in [0.29, 0.717) is 22.7 Å². The summed E-state index contributed by atoms with van der Waals surface area (Å²) >= 11 is 1.02.